The molecule has 0 unspecified atom stereocenters. The molecule has 2 aliphatic heterocycles. The first-order chi connectivity index (χ1) is 18.3. The molecule has 0 radical (unpaired) electrons. The van der Waals surface area contributed by atoms with Gasteiger partial charge in [-0.15, -0.1) is 0 Å². The number of hydrogen-bond acceptors (Lipinski definition) is 6. The van der Waals surface area contributed by atoms with Crippen LogP contribution in [0.15, 0.2) is 36.4 Å². The van der Waals surface area contributed by atoms with Crippen molar-refractivity contribution in [3.05, 3.63) is 69.2 Å². The van der Waals surface area contributed by atoms with E-state index in [9.17, 15) is 20.0 Å². The highest BCUT2D eigenvalue weighted by atomic mass is 35.5. The summed E-state index contributed by atoms with van der Waals surface area (Å²) in [7, 11) is 0. The number of carbonyl (C=O) groups is 2. The minimum absolute atomic E-state index is 0.0180. The zero-order valence-corrected chi connectivity index (χ0v) is 23.0. The highest BCUT2D eigenvalue weighted by Crippen LogP contribution is 2.58. The third kappa shape index (κ3) is 5.36. The van der Waals surface area contributed by atoms with E-state index >= 15 is 8.78 Å². The summed E-state index contributed by atoms with van der Waals surface area (Å²) in [5, 5.41) is 20.9. The highest BCUT2D eigenvalue weighted by Gasteiger charge is 2.66. The third-order valence-corrected chi connectivity index (χ3v) is 8.38. The second kappa shape index (κ2) is 11.0. The maximum absolute atomic E-state index is 15.7. The number of nitrogens with zero attached hydrogens (tertiary/aromatic N) is 2. The minimum Gasteiger partial charge on any atom is -0.462 e. The predicted octanol–water partition coefficient (Wildman–Crippen LogP) is 4.47. The molecule has 2 heterocycles. The van der Waals surface area contributed by atoms with Gasteiger partial charge in [-0.25, -0.2) is 8.78 Å². The van der Waals surface area contributed by atoms with Gasteiger partial charge in [0.15, 0.2) is 0 Å². The summed E-state index contributed by atoms with van der Waals surface area (Å²) in [5.74, 6) is -4.46. The van der Waals surface area contributed by atoms with Crippen LogP contribution >= 0.6 is 23.2 Å². The Labute approximate surface area is 235 Å². The van der Waals surface area contributed by atoms with E-state index in [1.807, 2.05) is 13.8 Å². The molecule has 1 amide bonds. The minimum atomic E-state index is -1.74. The number of ether oxygens (including phenoxy) is 1. The fourth-order valence-electron chi connectivity index (χ4n) is 6.11. The summed E-state index contributed by atoms with van der Waals surface area (Å²) >= 11 is 12.2. The first kappa shape index (κ1) is 29.2. The maximum atomic E-state index is 15.7. The van der Waals surface area contributed by atoms with Gasteiger partial charge in [0.05, 0.1) is 23.6 Å². The number of amides is 1. The Morgan fingerprint density at radius 1 is 1.28 bits per heavy atom. The molecule has 2 fully saturated rings. The van der Waals surface area contributed by atoms with Crippen LogP contribution in [0.25, 0.3) is 0 Å². The topological polar surface area (TPSA) is 117 Å². The number of nitriles is 1. The van der Waals surface area contributed by atoms with Crippen LogP contribution in [0.2, 0.25) is 10.0 Å². The average molecular weight is 580 g/mol. The van der Waals surface area contributed by atoms with E-state index in [0.29, 0.717) is 19.4 Å². The summed E-state index contributed by atoms with van der Waals surface area (Å²) in [5.41, 5.74) is 3.05. The quantitative estimate of drug-likeness (QED) is 0.467. The largest absolute Gasteiger partial charge is 0.462 e. The van der Waals surface area contributed by atoms with Crippen molar-refractivity contribution in [3.63, 3.8) is 0 Å². The number of aliphatic hydroxyl groups is 1. The SMILES string of the molecule is CC1(C)CCN2[C@@H](C1)[C@](C#N)(c1ccc(Cl)cc1F)[C@@H](c1cccc(Cl)c1F)[C@@H]2C(=O)OC[C@@H](O)CC(N)=O. The van der Waals surface area contributed by atoms with Crippen LogP contribution in [0, 0.1) is 28.4 Å². The van der Waals surface area contributed by atoms with E-state index in [2.05, 4.69) is 6.07 Å². The molecule has 2 aliphatic rings. The Kier molecular flexibility index (Phi) is 8.25. The first-order valence-electron chi connectivity index (χ1n) is 12.5. The Morgan fingerprint density at radius 3 is 2.64 bits per heavy atom. The Bertz CT molecular complexity index is 1330. The number of fused-ring (bicyclic) bond motifs is 1. The smallest absolute Gasteiger partial charge is 0.324 e. The van der Waals surface area contributed by atoms with Gasteiger partial charge in [-0.05, 0) is 48.6 Å². The molecule has 39 heavy (non-hydrogen) atoms. The number of esters is 1. The average Bonchev–Trinajstić information content (AvgIpc) is 3.13. The zero-order chi connectivity index (χ0) is 28.7. The molecule has 0 bridgehead atoms. The first-order valence-corrected chi connectivity index (χ1v) is 13.3. The standard InChI is InChI=1S/C28H29Cl2F2N3O4/c1-27(2)8-9-35-21(12-27)28(14-33,18-7-6-15(29)10-20(18)31)23(17-4-3-5-19(30)24(17)32)25(35)26(38)39-13-16(36)11-22(34)37/h3-7,10,16,21,23,25,36H,8-9,11-13H2,1-2H3,(H2,34,37)/t16-,21-,23-,25+,28-/m0/s1. The summed E-state index contributed by atoms with van der Waals surface area (Å²) in [6.45, 7) is 3.84. The van der Waals surface area contributed by atoms with Crippen molar-refractivity contribution in [2.75, 3.05) is 13.2 Å². The van der Waals surface area contributed by atoms with Gasteiger partial charge in [0.2, 0.25) is 5.91 Å². The van der Waals surface area contributed by atoms with Crippen LogP contribution in [-0.2, 0) is 19.7 Å². The lowest BCUT2D eigenvalue weighted by Crippen LogP contribution is -2.52. The lowest BCUT2D eigenvalue weighted by molar-refractivity contribution is -0.154. The molecular weight excluding hydrogens is 551 g/mol. The van der Waals surface area contributed by atoms with E-state index in [1.165, 1.54) is 30.3 Å². The number of nitrogens with two attached hydrogens (primary N) is 1. The van der Waals surface area contributed by atoms with Crippen molar-refractivity contribution in [1.29, 1.82) is 5.26 Å². The molecular formula is C28H29Cl2F2N3O4. The van der Waals surface area contributed by atoms with Gasteiger partial charge in [-0.3, -0.25) is 14.5 Å². The van der Waals surface area contributed by atoms with Crippen LogP contribution < -0.4 is 5.73 Å². The van der Waals surface area contributed by atoms with Gasteiger partial charge in [0.1, 0.15) is 29.7 Å². The van der Waals surface area contributed by atoms with Crippen LogP contribution in [0.4, 0.5) is 8.78 Å². The van der Waals surface area contributed by atoms with Gasteiger partial charge >= 0.3 is 5.97 Å². The number of carbonyl (C=O) groups excluding carboxylic acids is 2. The van der Waals surface area contributed by atoms with Crippen molar-refractivity contribution in [1.82, 2.24) is 4.90 Å². The van der Waals surface area contributed by atoms with Crippen LogP contribution in [0.1, 0.15) is 50.2 Å². The van der Waals surface area contributed by atoms with Gasteiger partial charge in [-0.1, -0.05) is 55.2 Å². The summed E-state index contributed by atoms with van der Waals surface area (Å²) in [4.78, 5) is 26.7. The molecule has 3 N–H and O–H groups in total. The number of halogens is 4. The zero-order valence-electron chi connectivity index (χ0n) is 21.5. The molecule has 0 aliphatic carbocycles. The normalized spacial score (nSPS) is 26.9. The summed E-state index contributed by atoms with van der Waals surface area (Å²) in [6, 6.07) is 8.59. The van der Waals surface area contributed by atoms with Gasteiger partial charge in [0, 0.05) is 22.5 Å². The fourth-order valence-corrected chi connectivity index (χ4v) is 6.45. The van der Waals surface area contributed by atoms with E-state index in [4.69, 9.17) is 33.7 Å². The van der Waals surface area contributed by atoms with Gasteiger partial charge < -0.3 is 15.6 Å². The van der Waals surface area contributed by atoms with Gasteiger partial charge in [0.25, 0.3) is 0 Å². The van der Waals surface area contributed by atoms with Crippen molar-refractivity contribution in [2.24, 2.45) is 11.1 Å². The van der Waals surface area contributed by atoms with E-state index in [-0.39, 0.29) is 26.6 Å². The number of aliphatic hydroxyl groups excluding tert-OH is 1. The van der Waals surface area contributed by atoms with Gasteiger partial charge in [-0.2, -0.15) is 5.26 Å². The second-order valence-electron chi connectivity index (χ2n) is 11.0. The molecule has 0 spiro atoms. The molecule has 2 saturated heterocycles. The Morgan fingerprint density at radius 2 is 2.00 bits per heavy atom. The van der Waals surface area contributed by atoms with Crippen LogP contribution in [-0.4, -0.2) is 53.2 Å². The second-order valence-corrected chi connectivity index (χ2v) is 11.8. The highest BCUT2D eigenvalue weighted by molar-refractivity contribution is 6.31. The Hall–Kier alpha value is -2.77. The molecule has 2 aromatic carbocycles. The lowest BCUT2D eigenvalue weighted by atomic mass is 9.62. The molecule has 2 aromatic rings. The molecule has 0 aromatic heterocycles. The van der Waals surface area contributed by atoms with Crippen molar-refractivity contribution < 1.29 is 28.2 Å². The number of hydrogen-bond donors (Lipinski definition) is 2. The molecule has 4 rings (SSSR count). The maximum Gasteiger partial charge on any atom is 0.324 e. The number of primary amides is 1. The van der Waals surface area contributed by atoms with Crippen molar-refractivity contribution >= 4 is 35.1 Å². The molecule has 208 valence electrons. The van der Waals surface area contributed by atoms with Crippen LogP contribution in [0.5, 0.6) is 0 Å². The van der Waals surface area contributed by atoms with E-state index < -0.39 is 66.1 Å². The molecule has 7 nitrogen and oxygen atoms in total. The number of benzene rings is 2. The summed E-state index contributed by atoms with van der Waals surface area (Å²) < 4.78 is 36.8. The Balaban J connectivity index is 1.94. The van der Waals surface area contributed by atoms with Crippen molar-refractivity contribution in [2.45, 2.75) is 62.6 Å². The number of rotatable bonds is 7. The third-order valence-electron chi connectivity index (χ3n) is 7.86. The molecule has 11 heteroatoms. The molecule has 5 atom stereocenters. The monoisotopic (exact) mass is 579 g/mol. The fraction of sp³-hybridized carbons (Fsp3) is 0.464. The van der Waals surface area contributed by atoms with E-state index in [0.717, 1.165) is 6.07 Å². The number of piperidine rings is 1. The van der Waals surface area contributed by atoms with Crippen molar-refractivity contribution in [3.8, 4) is 6.07 Å². The van der Waals surface area contributed by atoms with E-state index in [1.54, 1.807) is 4.90 Å². The summed E-state index contributed by atoms with van der Waals surface area (Å²) in [6.07, 6.45) is -0.731. The molecule has 0 saturated carbocycles. The van der Waals surface area contributed by atoms with Crippen LogP contribution in [0.3, 0.4) is 0 Å². The predicted molar refractivity (Wildman–Crippen MR) is 141 cm³/mol. The lowest BCUT2D eigenvalue weighted by Gasteiger charge is -2.45.